The van der Waals surface area contributed by atoms with Gasteiger partial charge in [-0.2, -0.15) is 0 Å². The minimum Gasteiger partial charge on any atom is -0.394 e. The van der Waals surface area contributed by atoms with E-state index in [0.717, 1.165) is 0 Å². The van der Waals surface area contributed by atoms with E-state index in [-0.39, 0.29) is 24.4 Å². The molecule has 1 amide bonds. The van der Waals surface area contributed by atoms with Gasteiger partial charge < -0.3 is 10.4 Å². The zero-order valence-corrected chi connectivity index (χ0v) is 9.46. The maximum absolute atomic E-state index is 13.0. The predicted octanol–water partition coefficient (Wildman–Crippen LogP) is 1.63. The molecule has 88 valence electrons. The highest BCUT2D eigenvalue weighted by Gasteiger charge is 2.11. The van der Waals surface area contributed by atoms with Crippen molar-refractivity contribution in [1.82, 2.24) is 5.32 Å². The lowest BCUT2D eigenvalue weighted by molar-refractivity contribution is 0.0915. The molecule has 1 aromatic rings. The molecule has 0 radical (unpaired) electrons. The Morgan fingerprint density at radius 2 is 2.25 bits per heavy atom. The van der Waals surface area contributed by atoms with Gasteiger partial charge in [-0.3, -0.25) is 4.79 Å². The van der Waals surface area contributed by atoms with Crippen molar-refractivity contribution >= 4 is 5.91 Å². The van der Waals surface area contributed by atoms with Crippen LogP contribution in [0.1, 0.15) is 29.3 Å². The van der Waals surface area contributed by atoms with Crippen molar-refractivity contribution in [1.29, 1.82) is 0 Å². The van der Waals surface area contributed by atoms with Gasteiger partial charge in [0.2, 0.25) is 0 Å². The van der Waals surface area contributed by atoms with Crippen LogP contribution in [0, 0.1) is 12.7 Å². The van der Waals surface area contributed by atoms with E-state index in [0.29, 0.717) is 17.5 Å². The molecule has 1 atom stereocenters. The van der Waals surface area contributed by atoms with Crippen LogP contribution in [0.5, 0.6) is 0 Å². The highest BCUT2D eigenvalue weighted by Crippen LogP contribution is 2.09. The number of aryl methyl sites for hydroxylation is 1. The number of halogens is 1. The highest BCUT2D eigenvalue weighted by molar-refractivity contribution is 5.94. The number of rotatable bonds is 4. The monoisotopic (exact) mass is 225 g/mol. The Bertz CT molecular complexity index is 375. The molecule has 0 heterocycles. The Kier molecular flexibility index (Phi) is 4.43. The van der Waals surface area contributed by atoms with Crippen LogP contribution in [0.25, 0.3) is 0 Å². The molecule has 3 nitrogen and oxygen atoms in total. The summed E-state index contributed by atoms with van der Waals surface area (Å²) >= 11 is 0. The second kappa shape index (κ2) is 5.61. The van der Waals surface area contributed by atoms with Crippen LogP contribution in [-0.4, -0.2) is 23.7 Å². The van der Waals surface area contributed by atoms with Gasteiger partial charge in [-0.05, 0) is 37.1 Å². The molecule has 0 unspecified atom stereocenters. The minimum atomic E-state index is -0.328. The van der Waals surface area contributed by atoms with Crippen LogP contribution in [0.3, 0.4) is 0 Å². The van der Waals surface area contributed by atoms with Crippen molar-refractivity contribution in [3.8, 4) is 0 Å². The van der Waals surface area contributed by atoms with Crippen LogP contribution in [-0.2, 0) is 0 Å². The Hall–Kier alpha value is -1.42. The lowest BCUT2D eigenvalue weighted by Crippen LogP contribution is -2.36. The van der Waals surface area contributed by atoms with Gasteiger partial charge in [0.1, 0.15) is 5.82 Å². The first-order valence-corrected chi connectivity index (χ1v) is 5.26. The third-order valence-corrected chi connectivity index (χ3v) is 2.47. The molecule has 0 bridgehead atoms. The molecule has 0 aliphatic rings. The smallest absolute Gasteiger partial charge is 0.251 e. The lowest BCUT2D eigenvalue weighted by atomic mass is 10.1. The van der Waals surface area contributed by atoms with Crippen LogP contribution < -0.4 is 5.32 Å². The molecular formula is C12H16FNO2. The van der Waals surface area contributed by atoms with Gasteiger partial charge in [0.25, 0.3) is 5.91 Å². The van der Waals surface area contributed by atoms with Crippen LogP contribution in [0.4, 0.5) is 4.39 Å². The summed E-state index contributed by atoms with van der Waals surface area (Å²) in [5.41, 5.74) is 0.843. The Labute approximate surface area is 94.3 Å². The van der Waals surface area contributed by atoms with Crippen molar-refractivity contribution in [2.45, 2.75) is 26.3 Å². The molecule has 0 fully saturated rings. The summed E-state index contributed by atoms with van der Waals surface area (Å²) in [5, 5.41) is 11.6. The summed E-state index contributed by atoms with van der Waals surface area (Å²) in [5.74, 6) is -0.616. The summed E-state index contributed by atoms with van der Waals surface area (Å²) in [6.45, 7) is 3.38. The normalized spacial score (nSPS) is 12.2. The SMILES string of the molecule is CC[C@H](CO)NC(=O)c1ccc(F)c(C)c1. The van der Waals surface area contributed by atoms with Gasteiger partial charge in [0.15, 0.2) is 0 Å². The molecule has 0 saturated heterocycles. The van der Waals surface area contributed by atoms with E-state index in [1.807, 2.05) is 6.92 Å². The number of benzene rings is 1. The first kappa shape index (κ1) is 12.6. The number of amides is 1. The Morgan fingerprint density at radius 1 is 1.56 bits per heavy atom. The van der Waals surface area contributed by atoms with E-state index >= 15 is 0 Å². The van der Waals surface area contributed by atoms with Gasteiger partial charge in [-0.1, -0.05) is 6.92 Å². The van der Waals surface area contributed by atoms with E-state index in [4.69, 9.17) is 5.11 Å². The largest absolute Gasteiger partial charge is 0.394 e. The Balaban J connectivity index is 2.76. The summed E-state index contributed by atoms with van der Waals surface area (Å²) in [7, 11) is 0. The van der Waals surface area contributed by atoms with Crippen molar-refractivity contribution in [2.24, 2.45) is 0 Å². The fraction of sp³-hybridized carbons (Fsp3) is 0.417. The van der Waals surface area contributed by atoms with Gasteiger partial charge in [0, 0.05) is 5.56 Å². The average molecular weight is 225 g/mol. The first-order chi connectivity index (χ1) is 7.58. The first-order valence-electron chi connectivity index (χ1n) is 5.26. The third-order valence-electron chi connectivity index (χ3n) is 2.47. The topological polar surface area (TPSA) is 49.3 Å². The van der Waals surface area contributed by atoms with Crippen LogP contribution >= 0.6 is 0 Å². The molecule has 2 N–H and O–H groups in total. The van der Waals surface area contributed by atoms with Crippen molar-refractivity contribution in [3.63, 3.8) is 0 Å². The van der Waals surface area contributed by atoms with Gasteiger partial charge in [0.05, 0.1) is 12.6 Å². The molecule has 0 aliphatic heterocycles. The molecule has 0 saturated carbocycles. The van der Waals surface area contributed by atoms with Crippen molar-refractivity contribution in [2.75, 3.05) is 6.61 Å². The summed E-state index contributed by atoms with van der Waals surface area (Å²) in [4.78, 5) is 11.7. The van der Waals surface area contributed by atoms with E-state index in [1.165, 1.54) is 18.2 Å². The number of nitrogens with one attached hydrogen (secondary N) is 1. The number of aliphatic hydroxyl groups is 1. The number of aliphatic hydroxyl groups excluding tert-OH is 1. The van der Waals surface area contributed by atoms with Crippen molar-refractivity contribution in [3.05, 3.63) is 35.1 Å². The maximum Gasteiger partial charge on any atom is 0.251 e. The van der Waals surface area contributed by atoms with E-state index in [1.54, 1.807) is 6.92 Å². The lowest BCUT2D eigenvalue weighted by Gasteiger charge is -2.14. The second-order valence-electron chi connectivity index (χ2n) is 3.73. The van der Waals surface area contributed by atoms with Gasteiger partial charge in [-0.15, -0.1) is 0 Å². The molecule has 1 aromatic carbocycles. The number of carbonyl (C=O) groups is 1. The van der Waals surface area contributed by atoms with Gasteiger partial charge in [-0.25, -0.2) is 4.39 Å². The average Bonchev–Trinajstić information content (AvgIpc) is 2.29. The zero-order valence-electron chi connectivity index (χ0n) is 9.46. The predicted molar refractivity (Wildman–Crippen MR) is 59.8 cm³/mol. The van der Waals surface area contributed by atoms with E-state index in [9.17, 15) is 9.18 Å². The summed E-state index contributed by atoms with van der Waals surface area (Å²) in [6.07, 6.45) is 0.655. The summed E-state index contributed by atoms with van der Waals surface area (Å²) in [6, 6.07) is 3.94. The molecule has 1 rings (SSSR count). The van der Waals surface area contributed by atoms with Gasteiger partial charge >= 0.3 is 0 Å². The fourth-order valence-corrected chi connectivity index (χ4v) is 1.33. The number of carbonyl (C=O) groups excluding carboxylic acids is 1. The molecule has 0 spiro atoms. The third kappa shape index (κ3) is 3.03. The maximum atomic E-state index is 13.0. The molecule has 16 heavy (non-hydrogen) atoms. The highest BCUT2D eigenvalue weighted by atomic mass is 19.1. The molecule has 0 aliphatic carbocycles. The molecular weight excluding hydrogens is 209 g/mol. The fourth-order valence-electron chi connectivity index (χ4n) is 1.33. The van der Waals surface area contributed by atoms with Crippen LogP contribution in [0.2, 0.25) is 0 Å². The van der Waals surface area contributed by atoms with Crippen molar-refractivity contribution < 1.29 is 14.3 Å². The van der Waals surface area contributed by atoms with Crippen LogP contribution in [0.15, 0.2) is 18.2 Å². The number of hydrogen-bond donors (Lipinski definition) is 2. The standard InChI is InChI=1S/C12H16FNO2/c1-3-10(7-15)14-12(16)9-4-5-11(13)8(2)6-9/h4-6,10,15H,3,7H2,1-2H3,(H,14,16)/t10-/m1/s1. The minimum absolute atomic E-state index is 0.0948. The zero-order chi connectivity index (χ0) is 12.1. The summed E-state index contributed by atoms with van der Waals surface area (Å²) < 4.78 is 13.0. The second-order valence-corrected chi connectivity index (χ2v) is 3.73. The van der Waals surface area contributed by atoms with E-state index < -0.39 is 0 Å². The molecule has 0 aromatic heterocycles. The van der Waals surface area contributed by atoms with E-state index in [2.05, 4.69) is 5.32 Å². The Morgan fingerprint density at radius 3 is 2.75 bits per heavy atom. The number of hydrogen-bond acceptors (Lipinski definition) is 2. The quantitative estimate of drug-likeness (QED) is 0.818. The molecule has 4 heteroatoms.